The lowest BCUT2D eigenvalue weighted by Gasteiger charge is -2.18. The lowest BCUT2D eigenvalue weighted by atomic mass is 10.1. The molecule has 3 rings (SSSR count). The van der Waals surface area contributed by atoms with Crippen molar-refractivity contribution in [1.82, 2.24) is 19.4 Å². The molecule has 26 heavy (non-hydrogen) atoms. The summed E-state index contributed by atoms with van der Waals surface area (Å²) in [5, 5.41) is 18.9. The summed E-state index contributed by atoms with van der Waals surface area (Å²) in [6.45, 7) is 9.97. The fourth-order valence-corrected chi connectivity index (χ4v) is 3.13. The van der Waals surface area contributed by atoms with E-state index >= 15 is 0 Å². The van der Waals surface area contributed by atoms with Gasteiger partial charge >= 0.3 is 5.97 Å². The first kappa shape index (κ1) is 18.1. The number of pyridine rings is 1. The second-order valence-electron chi connectivity index (χ2n) is 7.04. The van der Waals surface area contributed by atoms with Gasteiger partial charge in [0.05, 0.1) is 36.2 Å². The highest BCUT2D eigenvalue weighted by Gasteiger charge is 2.20. The van der Waals surface area contributed by atoms with E-state index in [1.807, 2.05) is 36.9 Å². The molecule has 0 atom stereocenters. The number of aryl methyl sites for hydroxylation is 1. The highest BCUT2D eigenvalue weighted by atomic mass is 16.5. The van der Waals surface area contributed by atoms with Crippen LogP contribution in [0.2, 0.25) is 0 Å². The molecule has 7 nitrogen and oxygen atoms in total. The summed E-state index contributed by atoms with van der Waals surface area (Å²) in [4.78, 5) is 12.0. The summed E-state index contributed by atoms with van der Waals surface area (Å²) < 4.78 is 8.56. The zero-order chi connectivity index (χ0) is 19.1. The molecule has 138 valence electrons. The highest BCUT2D eigenvalue weighted by molar-refractivity contribution is 5.97. The second kappa shape index (κ2) is 6.57. The SMILES string of the molecule is CCOC(=O)c1cnn2cc(-c3c(C)nn(CC(C)(C)O)c3C)ccc12. The van der Waals surface area contributed by atoms with Crippen molar-refractivity contribution < 1.29 is 14.6 Å². The van der Waals surface area contributed by atoms with Gasteiger partial charge in [-0.15, -0.1) is 0 Å². The molecule has 0 fully saturated rings. The Balaban J connectivity index is 2.03. The molecule has 0 unspecified atom stereocenters. The van der Waals surface area contributed by atoms with Crippen LogP contribution in [0.5, 0.6) is 0 Å². The number of esters is 1. The van der Waals surface area contributed by atoms with Crippen molar-refractivity contribution in [3.8, 4) is 11.1 Å². The summed E-state index contributed by atoms with van der Waals surface area (Å²) in [7, 11) is 0. The van der Waals surface area contributed by atoms with Crippen molar-refractivity contribution in [2.24, 2.45) is 0 Å². The summed E-state index contributed by atoms with van der Waals surface area (Å²) in [6.07, 6.45) is 3.40. The van der Waals surface area contributed by atoms with Crippen LogP contribution < -0.4 is 0 Å². The van der Waals surface area contributed by atoms with Crippen molar-refractivity contribution in [3.05, 3.63) is 41.5 Å². The number of ether oxygens (including phenoxy) is 1. The predicted octanol–water partition coefficient (Wildman–Crippen LogP) is 2.76. The fraction of sp³-hybridized carbons (Fsp3) is 0.421. The monoisotopic (exact) mass is 356 g/mol. The van der Waals surface area contributed by atoms with E-state index in [4.69, 9.17) is 4.74 Å². The largest absolute Gasteiger partial charge is 0.462 e. The van der Waals surface area contributed by atoms with E-state index in [0.29, 0.717) is 24.2 Å². The van der Waals surface area contributed by atoms with Crippen LogP contribution >= 0.6 is 0 Å². The van der Waals surface area contributed by atoms with Gasteiger partial charge in [-0.05, 0) is 40.7 Å². The maximum atomic E-state index is 12.0. The third-order valence-corrected chi connectivity index (χ3v) is 4.22. The molecule has 0 aliphatic heterocycles. The standard InChI is InChI=1S/C19H24N4O3/c1-6-26-18(24)15-9-20-22-10-14(7-8-16(15)22)17-12(2)21-23(13(17)3)11-19(4,5)25/h7-10,25H,6,11H2,1-5H3. The number of nitrogens with zero attached hydrogens (tertiary/aromatic N) is 4. The quantitative estimate of drug-likeness (QED) is 0.711. The Labute approximate surface area is 152 Å². The van der Waals surface area contributed by atoms with Gasteiger partial charge in [0, 0.05) is 23.0 Å². The Hall–Kier alpha value is -2.67. The van der Waals surface area contributed by atoms with Crippen LogP contribution in [0.25, 0.3) is 16.6 Å². The number of carbonyl (C=O) groups excluding carboxylic acids is 1. The summed E-state index contributed by atoms with van der Waals surface area (Å²) in [5.41, 5.74) is 4.11. The minimum Gasteiger partial charge on any atom is -0.462 e. The lowest BCUT2D eigenvalue weighted by molar-refractivity contribution is 0.0527. The number of carbonyl (C=O) groups is 1. The van der Waals surface area contributed by atoms with E-state index < -0.39 is 5.60 Å². The van der Waals surface area contributed by atoms with Crippen LogP contribution in [-0.4, -0.2) is 42.7 Å². The number of fused-ring (bicyclic) bond motifs is 1. The number of aromatic nitrogens is 4. The van der Waals surface area contributed by atoms with Gasteiger partial charge in [0.2, 0.25) is 0 Å². The molecule has 0 aliphatic rings. The molecule has 3 aromatic heterocycles. The van der Waals surface area contributed by atoms with Gasteiger partial charge in [-0.2, -0.15) is 10.2 Å². The van der Waals surface area contributed by atoms with E-state index in [9.17, 15) is 9.90 Å². The summed E-state index contributed by atoms with van der Waals surface area (Å²) in [6, 6.07) is 3.81. The first-order chi connectivity index (χ1) is 12.2. The van der Waals surface area contributed by atoms with Crippen LogP contribution in [0.15, 0.2) is 24.5 Å². The molecule has 3 aromatic rings. The highest BCUT2D eigenvalue weighted by Crippen LogP contribution is 2.28. The molecule has 0 aliphatic carbocycles. The predicted molar refractivity (Wildman–Crippen MR) is 98.1 cm³/mol. The van der Waals surface area contributed by atoms with Gasteiger partial charge < -0.3 is 9.84 Å². The minimum atomic E-state index is -0.846. The van der Waals surface area contributed by atoms with Crippen molar-refractivity contribution in [1.29, 1.82) is 0 Å². The smallest absolute Gasteiger partial charge is 0.341 e. The van der Waals surface area contributed by atoms with Crippen LogP contribution in [0.1, 0.15) is 42.5 Å². The molecule has 0 bridgehead atoms. The zero-order valence-corrected chi connectivity index (χ0v) is 15.8. The van der Waals surface area contributed by atoms with Crippen molar-refractivity contribution >= 4 is 11.5 Å². The number of aliphatic hydroxyl groups is 1. The third kappa shape index (κ3) is 3.35. The van der Waals surface area contributed by atoms with Gasteiger partial charge in [0.15, 0.2) is 0 Å². The van der Waals surface area contributed by atoms with E-state index in [-0.39, 0.29) is 5.97 Å². The normalized spacial score (nSPS) is 11.9. The third-order valence-electron chi connectivity index (χ3n) is 4.22. The topological polar surface area (TPSA) is 81.6 Å². The maximum Gasteiger partial charge on any atom is 0.341 e. The van der Waals surface area contributed by atoms with E-state index in [1.54, 1.807) is 25.3 Å². The molecule has 3 heterocycles. The Morgan fingerprint density at radius 3 is 2.69 bits per heavy atom. The summed E-state index contributed by atoms with van der Waals surface area (Å²) >= 11 is 0. The zero-order valence-electron chi connectivity index (χ0n) is 15.8. The first-order valence-corrected chi connectivity index (χ1v) is 8.62. The van der Waals surface area contributed by atoms with Crippen LogP contribution in [0.3, 0.4) is 0 Å². The maximum absolute atomic E-state index is 12.0. The Morgan fingerprint density at radius 2 is 2.04 bits per heavy atom. The minimum absolute atomic E-state index is 0.326. The van der Waals surface area contributed by atoms with Crippen LogP contribution in [-0.2, 0) is 11.3 Å². The second-order valence-corrected chi connectivity index (χ2v) is 7.04. The van der Waals surface area contributed by atoms with Crippen molar-refractivity contribution in [2.45, 2.75) is 46.8 Å². The summed E-state index contributed by atoms with van der Waals surface area (Å²) in [5.74, 6) is -0.374. The molecule has 0 saturated heterocycles. The molecular formula is C19H24N4O3. The van der Waals surface area contributed by atoms with E-state index in [2.05, 4.69) is 10.2 Å². The van der Waals surface area contributed by atoms with E-state index in [1.165, 1.54) is 6.20 Å². The molecule has 0 radical (unpaired) electrons. The molecule has 7 heteroatoms. The van der Waals surface area contributed by atoms with Gasteiger partial charge in [0.1, 0.15) is 5.56 Å². The molecule has 1 N–H and O–H groups in total. The van der Waals surface area contributed by atoms with Gasteiger partial charge in [-0.3, -0.25) is 4.68 Å². The Morgan fingerprint density at radius 1 is 1.31 bits per heavy atom. The van der Waals surface area contributed by atoms with Crippen molar-refractivity contribution in [3.63, 3.8) is 0 Å². The molecule has 0 aromatic carbocycles. The van der Waals surface area contributed by atoms with Gasteiger partial charge in [-0.25, -0.2) is 9.31 Å². The molecule has 0 amide bonds. The van der Waals surface area contributed by atoms with Gasteiger partial charge in [-0.1, -0.05) is 6.07 Å². The number of rotatable bonds is 5. The molecular weight excluding hydrogens is 332 g/mol. The average molecular weight is 356 g/mol. The number of hydrogen-bond donors (Lipinski definition) is 1. The Kier molecular flexibility index (Phi) is 4.58. The Bertz CT molecular complexity index is 963. The van der Waals surface area contributed by atoms with Crippen LogP contribution in [0.4, 0.5) is 0 Å². The fourth-order valence-electron chi connectivity index (χ4n) is 3.13. The van der Waals surface area contributed by atoms with Crippen molar-refractivity contribution in [2.75, 3.05) is 6.61 Å². The van der Waals surface area contributed by atoms with Gasteiger partial charge in [0.25, 0.3) is 0 Å². The first-order valence-electron chi connectivity index (χ1n) is 8.62. The van der Waals surface area contributed by atoms with Crippen LogP contribution in [0, 0.1) is 13.8 Å². The average Bonchev–Trinajstić information content (AvgIpc) is 3.07. The molecule has 0 saturated carbocycles. The number of hydrogen-bond acceptors (Lipinski definition) is 5. The van der Waals surface area contributed by atoms with E-state index in [0.717, 1.165) is 22.5 Å². The molecule has 0 spiro atoms. The lowest BCUT2D eigenvalue weighted by Crippen LogP contribution is -2.27.